The van der Waals surface area contributed by atoms with Crippen molar-refractivity contribution in [2.24, 2.45) is 0 Å². The van der Waals surface area contributed by atoms with E-state index in [2.05, 4.69) is 159 Å². The molecule has 0 spiro atoms. The van der Waals surface area contributed by atoms with Crippen LogP contribution in [0.2, 0.25) is 0 Å². The summed E-state index contributed by atoms with van der Waals surface area (Å²) in [4.78, 5) is 10.8. The topological polar surface area (TPSA) is 25.8 Å². The second kappa shape index (κ2) is 12.0. The summed E-state index contributed by atoms with van der Waals surface area (Å²) in [7, 11) is 0. The largest absolute Gasteiger partial charge is 0.245 e. The van der Waals surface area contributed by atoms with Gasteiger partial charge < -0.3 is 0 Å². The van der Waals surface area contributed by atoms with Crippen molar-refractivity contribution in [1.82, 2.24) is 9.97 Å². The van der Waals surface area contributed by atoms with Crippen molar-refractivity contribution in [2.45, 2.75) is 6.92 Å². The predicted molar refractivity (Wildman–Crippen MR) is 201 cm³/mol. The maximum atomic E-state index is 5.42. The van der Waals surface area contributed by atoms with Gasteiger partial charge in [-0.3, -0.25) is 0 Å². The quantitative estimate of drug-likeness (QED) is 0.140. The molecule has 0 bridgehead atoms. The molecule has 0 amide bonds. The smallest absolute Gasteiger partial charge is 0.0978 e. The Morgan fingerprint density at radius 1 is 0.511 bits per heavy atom. The summed E-state index contributed by atoms with van der Waals surface area (Å²) >= 11 is 0. The van der Waals surface area contributed by atoms with Gasteiger partial charge >= 0.3 is 0 Å². The number of hydrogen-bond donors (Lipinski definition) is 0. The van der Waals surface area contributed by atoms with Crippen molar-refractivity contribution in [3.63, 3.8) is 0 Å². The molecule has 0 saturated carbocycles. The third-order valence-electron chi connectivity index (χ3n) is 8.95. The lowest BCUT2D eigenvalue weighted by Gasteiger charge is -2.16. The third kappa shape index (κ3) is 5.30. The summed E-state index contributed by atoms with van der Waals surface area (Å²) in [6, 6.07) is 49.6. The first kappa shape index (κ1) is 28.4. The molecule has 0 fully saturated rings. The standard InChI is InChI=1S/C45H32N2/c1-3-4-6-13-30(2)40-28-42(36-22-20-31-14-9-11-18-34(31)26-36)46-44-38(40)24-25-39-41(33-16-7-5-8-17-33)29-43(47-45(39)44)37-23-21-32-15-10-12-19-35(32)27-37/h3-29H,1H2,2H3/b6-4-,30-13+. The Labute approximate surface area is 274 Å². The second-order valence-electron chi connectivity index (χ2n) is 11.9. The molecule has 2 nitrogen and oxygen atoms in total. The van der Waals surface area contributed by atoms with Crippen molar-refractivity contribution in [3.05, 3.63) is 176 Å². The Balaban J connectivity index is 1.46. The Kier molecular flexibility index (Phi) is 7.24. The van der Waals surface area contributed by atoms with Crippen LogP contribution in [0.3, 0.4) is 0 Å². The average Bonchev–Trinajstić information content (AvgIpc) is 3.13. The Hall–Kier alpha value is -6.12. The van der Waals surface area contributed by atoms with Gasteiger partial charge in [-0.2, -0.15) is 0 Å². The van der Waals surface area contributed by atoms with E-state index in [0.717, 1.165) is 66.6 Å². The van der Waals surface area contributed by atoms with Crippen LogP contribution in [0.4, 0.5) is 0 Å². The molecule has 0 aliphatic rings. The fourth-order valence-corrected chi connectivity index (χ4v) is 6.52. The zero-order valence-electron chi connectivity index (χ0n) is 26.2. The number of fused-ring (bicyclic) bond motifs is 5. The summed E-state index contributed by atoms with van der Waals surface area (Å²) < 4.78 is 0. The number of aromatic nitrogens is 2. The first-order valence-electron chi connectivity index (χ1n) is 15.9. The van der Waals surface area contributed by atoms with E-state index in [9.17, 15) is 0 Å². The van der Waals surface area contributed by atoms with Crippen LogP contribution in [-0.4, -0.2) is 9.97 Å². The number of hydrogen-bond acceptors (Lipinski definition) is 2. The highest BCUT2D eigenvalue weighted by molar-refractivity contribution is 6.12. The molecule has 0 aliphatic heterocycles. The molecule has 0 unspecified atom stereocenters. The Bertz CT molecular complexity index is 2540. The first-order valence-corrected chi connectivity index (χ1v) is 15.9. The van der Waals surface area contributed by atoms with Gasteiger partial charge in [0.15, 0.2) is 0 Å². The SMILES string of the molecule is C=C/C=C\C=C(/C)c1cc(-c2ccc3ccccc3c2)nc2c1ccc1c(-c3ccccc3)cc(-c3ccc4ccccc4c3)nc12. The van der Waals surface area contributed by atoms with Crippen molar-refractivity contribution in [3.8, 4) is 33.6 Å². The normalized spacial score (nSPS) is 12.1. The number of rotatable bonds is 6. The fourth-order valence-electron chi connectivity index (χ4n) is 6.52. The maximum absolute atomic E-state index is 5.42. The summed E-state index contributed by atoms with van der Waals surface area (Å²) in [5.74, 6) is 0. The Morgan fingerprint density at radius 2 is 1.06 bits per heavy atom. The van der Waals surface area contributed by atoms with Gasteiger partial charge in [-0.1, -0.05) is 146 Å². The van der Waals surface area contributed by atoms with Crippen LogP contribution in [0, 0.1) is 0 Å². The van der Waals surface area contributed by atoms with Gasteiger partial charge in [-0.25, -0.2) is 9.97 Å². The highest BCUT2D eigenvalue weighted by Gasteiger charge is 2.17. The van der Waals surface area contributed by atoms with Crippen LogP contribution >= 0.6 is 0 Å². The van der Waals surface area contributed by atoms with Crippen molar-refractivity contribution >= 4 is 48.9 Å². The van der Waals surface area contributed by atoms with Gasteiger partial charge in [0.1, 0.15) is 0 Å². The molecule has 222 valence electrons. The summed E-state index contributed by atoms with van der Waals surface area (Å²) in [6.45, 7) is 6.00. The lowest BCUT2D eigenvalue weighted by molar-refractivity contribution is 1.36. The van der Waals surface area contributed by atoms with E-state index in [0.29, 0.717) is 0 Å². The second-order valence-corrected chi connectivity index (χ2v) is 11.9. The predicted octanol–water partition coefficient (Wildman–Crippen LogP) is 12.2. The Morgan fingerprint density at radius 3 is 1.70 bits per heavy atom. The minimum atomic E-state index is 0.892. The number of nitrogens with zero attached hydrogens (tertiary/aromatic N) is 2. The van der Waals surface area contributed by atoms with Gasteiger partial charge in [-0.15, -0.1) is 0 Å². The highest BCUT2D eigenvalue weighted by Crippen LogP contribution is 2.39. The van der Waals surface area contributed by atoms with Crippen molar-refractivity contribution < 1.29 is 0 Å². The molecular weight excluding hydrogens is 569 g/mol. The van der Waals surface area contributed by atoms with E-state index in [1.807, 2.05) is 12.2 Å². The van der Waals surface area contributed by atoms with Gasteiger partial charge in [0.05, 0.1) is 22.4 Å². The molecule has 0 N–H and O–H groups in total. The van der Waals surface area contributed by atoms with Crippen LogP contribution in [-0.2, 0) is 0 Å². The van der Waals surface area contributed by atoms with E-state index in [4.69, 9.17) is 9.97 Å². The van der Waals surface area contributed by atoms with E-state index in [1.165, 1.54) is 21.5 Å². The zero-order chi connectivity index (χ0) is 31.7. The van der Waals surface area contributed by atoms with Gasteiger partial charge in [0.25, 0.3) is 0 Å². The molecule has 6 aromatic carbocycles. The minimum absolute atomic E-state index is 0.892. The molecule has 8 rings (SSSR count). The van der Waals surface area contributed by atoms with Crippen LogP contribution < -0.4 is 0 Å². The van der Waals surface area contributed by atoms with Crippen molar-refractivity contribution in [1.29, 1.82) is 0 Å². The summed E-state index contributed by atoms with van der Waals surface area (Å²) in [6.07, 6.45) is 7.93. The van der Waals surface area contributed by atoms with Gasteiger partial charge in [-0.05, 0) is 75.0 Å². The first-order chi connectivity index (χ1) is 23.2. The molecule has 2 heteroatoms. The number of benzene rings is 6. The number of allylic oxidation sites excluding steroid dienone is 5. The molecule has 8 aromatic rings. The van der Waals surface area contributed by atoms with Crippen LogP contribution in [0.15, 0.2) is 170 Å². The lowest BCUT2D eigenvalue weighted by Crippen LogP contribution is -1.96. The molecular formula is C45H32N2. The van der Waals surface area contributed by atoms with E-state index in [-0.39, 0.29) is 0 Å². The van der Waals surface area contributed by atoms with Crippen LogP contribution in [0.1, 0.15) is 12.5 Å². The van der Waals surface area contributed by atoms with E-state index in [1.54, 1.807) is 6.08 Å². The molecule has 0 saturated heterocycles. The van der Waals surface area contributed by atoms with Gasteiger partial charge in [0.2, 0.25) is 0 Å². The number of pyridine rings is 2. The van der Waals surface area contributed by atoms with Gasteiger partial charge in [0, 0.05) is 21.9 Å². The molecule has 2 heterocycles. The minimum Gasteiger partial charge on any atom is -0.245 e. The fraction of sp³-hybridized carbons (Fsp3) is 0.0222. The van der Waals surface area contributed by atoms with E-state index < -0.39 is 0 Å². The molecule has 47 heavy (non-hydrogen) atoms. The highest BCUT2D eigenvalue weighted by atomic mass is 14.8. The maximum Gasteiger partial charge on any atom is 0.0978 e. The lowest BCUT2D eigenvalue weighted by atomic mass is 9.93. The van der Waals surface area contributed by atoms with Crippen LogP contribution in [0.5, 0.6) is 0 Å². The summed E-state index contributed by atoms with van der Waals surface area (Å²) in [5.41, 5.74) is 10.4. The zero-order valence-corrected chi connectivity index (χ0v) is 26.2. The molecule has 0 radical (unpaired) electrons. The average molecular weight is 601 g/mol. The monoisotopic (exact) mass is 600 g/mol. The third-order valence-corrected chi connectivity index (χ3v) is 8.95. The van der Waals surface area contributed by atoms with Crippen LogP contribution in [0.25, 0.3) is 82.6 Å². The van der Waals surface area contributed by atoms with Crippen molar-refractivity contribution in [2.75, 3.05) is 0 Å². The van der Waals surface area contributed by atoms with E-state index >= 15 is 0 Å². The molecule has 0 atom stereocenters. The molecule has 0 aliphatic carbocycles. The molecule has 2 aromatic heterocycles. The summed E-state index contributed by atoms with van der Waals surface area (Å²) in [5, 5.41) is 6.96.